The first kappa shape index (κ1) is 22.6. The Hall–Kier alpha value is -2.56. The molecule has 5 atom stereocenters. The van der Waals surface area contributed by atoms with Crippen molar-refractivity contribution in [2.24, 2.45) is 0 Å². The highest BCUT2D eigenvalue weighted by Gasteiger charge is 2.44. The van der Waals surface area contributed by atoms with Crippen LogP contribution in [0.4, 0.5) is 8.78 Å². The molecule has 0 aliphatic carbocycles. The van der Waals surface area contributed by atoms with Crippen molar-refractivity contribution >= 4 is 10.9 Å². The van der Waals surface area contributed by atoms with Gasteiger partial charge in [-0.3, -0.25) is 0 Å². The van der Waals surface area contributed by atoms with Gasteiger partial charge in [-0.05, 0) is 36.2 Å². The van der Waals surface area contributed by atoms with E-state index in [9.17, 15) is 29.2 Å². The zero-order chi connectivity index (χ0) is 23.0. The molecule has 9 heteroatoms. The normalized spacial score (nSPS) is 25.9. The fourth-order valence-electron chi connectivity index (χ4n) is 4.14. The second-order valence-electron chi connectivity index (χ2n) is 7.78. The second kappa shape index (κ2) is 9.13. The molecule has 1 aromatic heterocycles. The number of halogens is 2. The minimum absolute atomic E-state index is 0.0556. The molecule has 7 nitrogen and oxygen atoms in total. The molecule has 1 fully saturated rings. The average Bonchev–Trinajstić information content (AvgIpc) is 3.14. The van der Waals surface area contributed by atoms with Gasteiger partial charge in [-0.25, -0.2) is 8.78 Å². The fourth-order valence-corrected chi connectivity index (χ4v) is 4.14. The number of fused-ring (bicyclic) bond motifs is 1. The van der Waals surface area contributed by atoms with Crippen LogP contribution in [0, 0.1) is 11.6 Å². The highest BCUT2D eigenvalue weighted by atomic mass is 19.1. The smallest absolute Gasteiger partial charge is 0.163 e. The van der Waals surface area contributed by atoms with Crippen LogP contribution in [0.15, 0.2) is 42.6 Å². The molecule has 0 spiro atoms. The molecule has 3 aromatic rings. The molecule has 2 aromatic carbocycles. The first-order chi connectivity index (χ1) is 15.3. The van der Waals surface area contributed by atoms with E-state index in [0.29, 0.717) is 29.0 Å². The molecule has 0 saturated carbocycles. The number of nitrogens with zero attached hydrogens (tertiary/aromatic N) is 1. The van der Waals surface area contributed by atoms with Crippen molar-refractivity contribution in [2.45, 2.75) is 44.0 Å². The number of aromatic nitrogens is 1. The summed E-state index contributed by atoms with van der Waals surface area (Å²) < 4.78 is 41.8. The van der Waals surface area contributed by atoms with E-state index in [4.69, 9.17) is 9.47 Å². The standard InChI is InChI=1S/C23H25F2NO6/c1-2-31-14-7-6-12(16(25)9-14)8-13-10-26(17-5-3-4-15(24)19(13)17)23-22(30)21(29)20(28)18(11-27)32-23/h3-7,9-10,18,20-23,27-30H,2,8,11H2,1H3/t18-,20-,21+,22-,23-/m1/s1. The van der Waals surface area contributed by atoms with E-state index in [-0.39, 0.29) is 11.8 Å². The summed E-state index contributed by atoms with van der Waals surface area (Å²) in [5.74, 6) is -0.642. The Morgan fingerprint density at radius 2 is 1.78 bits per heavy atom. The molecule has 0 radical (unpaired) electrons. The number of aliphatic hydroxyl groups excluding tert-OH is 4. The van der Waals surface area contributed by atoms with Crippen molar-refractivity contribution in [3.05, 3.63) is 65.4 Å². The summed E-state index contributed by atoms with van der Waals surface area (Å²) in [6.07, 6.45) is -5.37. The number of rotatable bonds is 6. The van der Waals surface area contributed by atoms with E-state index in [1.54, 1.807) is 25.1 Å². The summed E-state index contributed by atoms with van der Waals surface area (Å²) in [5.41, 5.74) is 1.12. The van der Waals surface area contributed by atoms with Gasteiger partial charge in [-0.2, -0.15) is 0 Å². The third-order valence-corrected chi connectivity index (χ3v) is 5.74. The number of hydrogen-bond donors (Lipinski definition) is 4. The molecule has 1 saturated heterocycles. The first-order valence-corrected chi connectivity index (χ1v) is 10.3. The summed E-state index contributed by atoms with van der Waals surface area (Å²) in [4.78, 5) is 0. The van der Waals surface area contributed by atoms with Crippen molar-refractivity contribution in [2.75, 3.05) is 13.2 Å². The van der Waals surface area contributed by atoms with Gasteiger partial charge in [-0.15, -0.1) is 0 Å². The Kier molecular flexibility index (Phi) is 6.45. The minimum Gasteiger partial charge on any atom is -0.494 e. The van der Waals surface area contributed by atoms with Gasteiger partial charge in [-0.1, -0.05) is 12.1 Å². The van der Waals surface area contributed by atoms with Crippen LogP contribution in [0.5, 0.6) is 5.75 Å². The Morgan fingerprint density at radius 1 is 1.00 bits per heavy atom. The Labute approximate surface area is 183 Å². The monoisotopic (exact) mass is 449 g/mol. The van der Waals surface area contributed by atoms with Gasteiger partial charge in [0.1, 0.15) is 41.8 Å². The summed E-state index contributed by atoms with van der Waals surface area (Å²) >= 11 is 0. The first-order valence-electron chi connectivity index (χ1n) is 10.3. The van der Waals surface area contributed by atoms with Crippen LogP contribution in [0.2, 0.25) is 0 Å². The van der Waals surface area contributed by atoms with E-state index >= 15 is 0 Å². The van der Waals surface area contributed by atoms with Crippen LogP contribution in [0.25, 0.3) is 10.9 Å². The molecule has 4 rings (SSSR count). The van der Waals surface area contributed by atoms with Gasteiger partial charge in [0.05, 0.1) is 18.7 Å². The van der Waals surface area contributed by atoms with Crippen molar-refractivity contribution in [1.29, 1.82) is 0 Å². The van der Waals surface area contributed by atoms with Gasteiger partial charge in [0, 0.05) is 24.1 Å². The van der Waals surface area contributed by atoms with Gasteiger partial charge >= 0.3 is 0 Å². The molecule has 0 amide bonds. The third kappa shape index (κ3) is 3.98. The number of ether oxygens (including phenoxy) is 2. The van der Waals surface area contributed by atoms with Crippen LogP contribution < -0.4 is 4.74 Å². The van der Waals surface area contributed by atoms with Gasteiger partial charge in [0.2, 0.25) is 0 Å². The molecule has 1 aliphatic rings. The van der Waals surface area contributed by atoms with Crippen LogP contribution in [0.3, 0.4) is 0 Å². The SMILES string of the molecule is CCOc1ccc(Cc2cn([C@@H]3O[C@H](CO)[C@@H](O)[C@H](O)[C@H]3O)c3cccc(F)c23)c(F)c1. The molecule has 172 valence electrons. The Bertz CT molecular complexity index is 1100. The lowest BCUT2D eigenvalue weighted by molar-refractivity contribution is -0.250. The summed E-state index contributed by atoms with van der Waals surface area (Å²) in [5, 5.41) is 40.4. The Balaban J connectivity index is 1.76. The summed E-state index contributed by atoms with van der Waals surface area (Å²) in [7, 11) is 0. The molecule has 4 N–H and O–H groups in total. The lowest BCUT2D eigenvalue weighted by atomic mass is 9.98. The molecular formula is C23H25F2NO6. The van der Waals surface area contributed by atoms with Gasteiger partial charge in [0.25, 0.3) is 0 Å². The number of aliphatic hydroxyl groups is 4. The molecular weight excluding hydrogens is 424 g/mol. The minimum atomic E-state index is -1.58. The highest BCUT2D eigenvalue weighted by molar-refractivity contribution is 5.85. The van der Waals surface area contributed by atoms with E-state index in [2.05, 4.69) is 0 Å². The van der Waals surface area contributed by atoms with E-state index < -0.39 is 48.9 Å². The maximum Gasteiger partial charge on any atom is 0.163 e. The maximum atomic E-state index is 14.8. The average molecular weight is 449 g/mol. The summed E-state index contributed by atoms with van der Waals surface area (Å²) in [6, 6.07) is 8.84. The predicted molar refractivity (Wildman–Crippen MR) is 111 cm³/mol. The molecule has 2 heterocycles. The zero-order valence-electron chi connectivity index (χ0n) is 17.4. The van der Waals surface area contributed by atoms with Crippen LogP contribution in [-0.2, 0) is 11.2 Å². The predicted octanol–water partition coefficient (Wildman–Crippen LogP) is 1.88. The van der Waals surface area contributed by atoms with Crippen molar-refractivity contribution < 1.29 is 38.7 Å². The van der Waals surface area contributed by atoms with E-state index in [1.807, 2.05) is 0 Å². The fraction of sp³-hybridized carbons (Fsp3) is 0.391. The van der Waals surface area contributed by atoms with Crippen molar-refractivity contribution in [1.82, 2.24) is 4.57 Å². The van der Waals surface area contributed by atoms with E-state index in [0.717, 1.165) is 0 Å². The summed E-state index contributed by atoms with van der Waals surface area (Å²) in [6.45, 7) is 1.61. The zero-order valence-corrected chi connectivity index (χ0v) is 17.4. The number of hydrogen-bond acceptors (Lipinski definition) is 6. The maximum absolute atomic E-state index is 14.8. The second-order valence-corrected chi connectivity index (χ2v) is 7.78. The lowest BCUT2D eigenvalue weighted by Crippen LogP contribution is -2.56. The molecule has 1 aliphatic heterocycles. The van der Waals surface area contributed by atoms with Gasteiger partial charge in [0.15, 0.2) is 6.23 Å². The van der Waals surface area contributed by atoms with Gasteiger partial charge < -0.3 is 34.5 Å². The van der Waals surface area contributed by atoms with Crippen LogP contribution in [-0.4, -0.2) is 62.6 Å². The lowest BCUT2D eigenvalue weighted by Gasteiger charge is -2.40. The highest BCUT2D eigenvalue weighted by Crippen LogP contribution is 2.35. The largest absolute Gasteiger partial charge is 0.494 e. The number of benzene rings is 2. The molecule has 0 bridgehead atoms. The Morgan fingerprint density at radius 3 is 2.47 bits per heavy atom. The van der Waals surface area contributed by atoms with Crippen LogP contribution in [0.1, 0.15) is 24.3 Å². The topological polar surface area (TPSA) is 104 Å². The molecule has 0 unspecified atom stereocenters. The third-order valence-electron chi connectivity index (χ3n) is 5.74. The quantitative estimate of drug-likeness (QED) is 0.458. The van der Waals surface area contributed by atoms with Crippen molar-refractivity contribution in [3.63, 3.8) is 0 Å². The van der Waals surface area contributed by atoms with E-state index in [1.165, 1.54) is 29.0 Å². The van der Waals surface area contributed by atoms with Crippen LogP contribution >= 0.6 is 0 Å². The molecule has 32 heavy (non-hydrogen) atoms. The van der Waals surface area contributed by atoms with Crippen molar-refractivity contribution in [3.8, 4) is 5.75 Å².